The molecule has 0 N–H and O–H groups in total. The molecular weight excluding hydrogens is 242 g/mol. The third kappa shape index (κ3) is 3.98. The monoisotopic (exact) mass is 257 g/mol. The fraction of sp³-hybridized carbons (Fsp3) is 0.500. The van der Waals surface area contributed by atoms with Crippen molar-refractivity contribution in [2.24, 2.45) is 0 Å². The van der Waals surface area contributed by atoms with Crippen LogP contribution in [0.2, 0.25) is 5.02 Å². The van der Waals surface area contributed by atoms with Gasteiger partial charge in [-0.1, -0.05) is 18.5 Å². The highest BCUT2D eigenvalue weighted by atomic mass is 35.5. The van der Waals surface area contributed by atoms with E-state index in [4.69, 9.17) is 16.3 Å². The highest BCUT2D eigenvalue weighted by Crippen LogP contribution is 2.25. The van der Waals surface area contributed by atoms with E-state index in [1.807, 2.05) is 20.8 Å². The highest BCUT2D eigenvalue weighted by molar-refractivity contribution is 6.31. The zero-order chi connectivity index (χ0) is 13.1. The van der Waals surface area contributed by atoms with E-state index >= 15 is 0 Å². The number of hydrogen-bond acceptors (Lipinski definition) is 3. The molecule has 4 nitrogen and oxygen atoms in total. The van der Waals surface area contributed by atoms with Crippen LogP contribution < -0.4 is 0 Å². The molecule has 0 saturated heterocycles. The topological polar surface area (TPSA) is 52.4 Å². The van der Waals surface area contributed by atoms with Crippen LogP contribution in [0.3, 0.4) is 0 Å². The van der Waals surface area contributed by atoms with E-state index in [9.17, 15) is 10.1 Å². The number of rotatable bonds is 5. The quantitative estimate of drug-likeness (QED) is 0.593. The second-order valence-corrected chi connectivity index (χ2v) is 4.84. The first-order chi connectivity index (χ1) is 7.85. The van der Waals surface area contributed by atoms with Crippen molar-refractivity contribution in [2.75, 3.05) is 0 Å². The number of hydrogen-bond donors (Lipinski definition) is 0. The molecule has 5 heteroatoms. The van der Waals surface area contributed by atoms with Gasteiger partial charge in [-0.3, -0.25) is 10.1 Å². The van der Waals surface area contributed by atoms with E-state index in [0.29, 0.717) is 10.6 Å². The first kappa shape index (κ1) is 13.9. The van der Waals surface area contributed by atoms with Crippen LogP contribution in [0, 0.1) is 10.1 Å². The minimum absolute atomic E-state index is 0.0299. The molecule has 0 aromatic heterocycles. The number of ether oxygens (including phenoxy) is 1. The molecular formula is C12H16ClNO3. The van der Waals surface area contributed by atoms with Gasteiger partial charge < -0.3 is 4.74 Å². The first-order valence-corrected chi connectivity index (χ1v) is 5.80. The SMILES string of the molecule is CCC(C)(C)OCc1cc([N+](=O)[O-])ccc1Cl. The first-order valence-electron chi connectivity index (χ1n) is 5.42. The predicted molar refractivity (Wildman–Crippen MR) is 67.3 cm³/mol. The Balaban J connectivity index is 2.83. The lowest BCUT2D eigenvalue weighted by atomic mass is 10.1. The number of halogens is 1. The van der Waals surface area contributed by atoms with Crippen molar-refractivity contribution < 1.29 is 9.66 Å². The number of nitrogens with zero attached hydrogens (tertiary/aromatic N) is 1. The molecule has 0 fully saturated rings. The van der Waals surface area contributed by atoms with E-state index < -0.39 is 4.92 Å². The summed E-state index contributed by atoms with van der Waals surface area (Å²) in [5.41, 5.74) is 0.415. The Hall–Kier alpha value is -1.13. The summed E-state index contributed by atoms with van der Waals surface area (Å²) in [5.74, 6) is 0. The molecule has 94 valence electrons. The highest BCUT2D eigenvalue weighted by Gasteiger charge is 2.17. The Morgan fingerprint density at radius 2 is 2.12 bits per heavy atom. The van der Waals surface area contributed by atoms with Crippen LogP contribution >= 0.6 is 11.6 Å². The summed E-state index contributed by atoms with van der Waals surface area (Å²) in [6.07, 6.45) is 0.861. The van der Waals surface area contributed by atoms with E-state index in [2.05, 4.69) is 0 Å². The minimum Gasteiger partial charge on any atom is -0.371 e. The van der Waals surface area contributed by atoms with Crippen LogP contribution in [-0.2, 0) is 11.3 Å². The Labute approximate surface area is 106 Å². The van der Waals surface area contributed by atoms with Crippen LogP contribution in [0.15, 0.2) is 18.2 Å². The van der Waals surface area contributed by atoms with Gasteiger partial charge in [-0.25, -0.2) is 0 Å². The number of benzene rings is 1. The molecule has 0 saturated carbocycles. The number of nitro benzene ring substituents is 1. The maximum absolute atomic E-state index is 10.6. The van der Waals surface area contributed by atoms with Crippen molar-refractivity contribution in [3.63, 3.8) is 0 Å². The summed E-state index contributed by atoms with van der Waals surface area (Å²) in [6, 6.07) is 4.36. The Morgan fingerprint density at radius 3 is 2.65 bits per heavy atom. The van der Waals surface area contributed by atoms with Crippen LogP contribution in [0.5, 0.6) is 0 Å². The van der Waals surface area contributed by atoms with Crippen molar-refractivity contribution in [2.45, 2.75) is 39.4 Å². The molecule has 1 rings (SSSR count). The maximum atomic E-state index is 10.6. The van der Waals surface area contributed by atoms with Gasteiger partial charge in [-0.05, 0) is 26.3 Å². The number of nitro groups is 1. The van der Waals surface area contributed by atoms with Crippen molar-refractivity contribution in [3.05, 3.63) is 38.9 Å². The van der Waals surface area contributed by atoms with Gasteiger partial charge in [0.15, 0.2) is 0 Å². The van der Waals surface area contributed by atoms with Crippen molar-refractivity contribution in [1.82, 2.24) is 0 Å². The Kier molecular flexibility index (Phi) is 4.48. The van der Waals surface area contributed by atoms with Crippen LogP contribution in [0.4, 0.5) is 5.69 Å². The van der Waals surface area contributed by atoms with Gasteiger partial charge >= 0.3 is 0 Å². The molecule has 0 amide bonds. The van der Waals surface area contributed by atoms with E-state index in [1.54, 1.807) is 0 Å². The molecule has 0 spiro atoms. The molecule has 1 aromatic rings. The summed E-state index contributed by atoms with van der Waals surface area (Å²) in [4.78, 5) is 10.2. The lowest BCUT2D eigenvalue weighted by molar-refractivity contribution is -0.385. The van der Waals surface area contributed by atoms with Crippen molar-refractivity contribution in [1.29, 1.82) is 0 Å². The average Bonchev–Trinajstić information content (AvgIpc) is 2.27. The molecule has 0 heterocycles. The molecule has 0 bridgehead atoms. The smallest absolute Gasteiger partial charge is 0.269 e. The van der Waals surface area contributed by atoms with Crippen molar-refractivity contribution in [3.8, 4) is 0 Å². The summed E-state index contributed by atoms with van der Waals surface area (Å²) in [6.45, 7) is 6.24. The van der Waals surface area contributed by atoms with Gasteiger partial charge in [0.2, 0.25) is 0 Å². The van der Waals surface area contributed by atoms with Crippen LogP contribution in [0.25, 0.3) is 0 Å². The summed E-state index contributed by atoms with van der Waals surface area (Å²) in [7, 11) is 0. The second kappa shape index (κ2) is 5.47. The average molecular weight is 258 g/mol. The minimum atomic E-state index is -0.440. The maximum Gasteiger partial charge on any atom is 0.269 e. The van der Waals surface area contributed by atoms with E-state index in [-0.39, 0.29) is 17.9 Å². The number of non-ortho nitro benzene ring substituents is 1. The standard InChI is InChI=1S/C12H16ClNO3/c1-4-12(2,3)17-8-9-7-10(14(15)16)5-6-11(9)13/h5-7H,4,8H2,1-3H3. The fourth-order valence-corrected chi connectivity index (χ4v) is 1.33. The van der Waals surface area contributed by atoms with Gasteiger partial charge in [-0.2, -0.15) is 0 Å². The summed E-state index contributed by atoms with van der Waals surface area (Å²) in [5, 5.41) is 11.1. The molecule has 1 aromatic carbocycles. The zero-order valence-electron chi connectivity index (χ0n) is 10.2. The van der Waals surface area contributed by atoms with Crippen LogP contribution in [-0.4, -0.2) is 10.5 Å². The third-order valence-corrected chi connectivity index (χ3v) is 3.08. The summed E-state index contributed by atoms with van der Waals surface area (Å²) < 4.78 is 5.67. The fourth-order valence-electron chi connectivity index (χ4n) is 1.16. The normalized spacial score (nSPS) is 11.5. The molecule has 0 unspecified atom stereocenters. The van der Waals surface area contributed by atoms with E-state index in [1.165, 1.54) is 18.2 Å². The van der Waals surface area contributed by atoms with Crippen LogP contribution in [0.1, 0.15) is 32.8 Å². The second-order valence-electron chi connectivity index (χ2n) is 4.43. The third-order valence-electron chi connectivity index (χ3n) is 2.71. The summed E-state index contributed by atoms with van der Waals surface area (Å²) >= 11 is 5.97. The van der Waals surface area contributed by atoms with Crippen molar-refractivity contribution >= 4 is 17.3 Å². The van der Waals surface area contributed by atoms with Gasteiger partial charge in [0, 0.05) is 22.7 Å². The Morgan fingerprint density at radius 1 is 1.47 bits per heavy atom. The van der Waals surface area contributed by atoms with E-state index in [0.717, 1.165) is 6.42 Å². The molecule has 0 aliphatic heterocycles. The molecule has 0 aliphatic carbocycles. The lowest BCUT2D eigenvalue weighted by Gasteiger charge is -2.23. The lowest BCUT2D eigenvalue weighted by Crippen LogP contribution is -2.22. The zero-order valence-corrected chi connectivity index (χ0v) is 11.0. The molecule has 0 aliphatic rings. The largest absolute Gasteiger partial charge is 0.371 e. The van der Waals surface area contributed by atoms with Gasteiger partial charge in [-0.15, -0.1) is 0 Å². The molecule has 0 radical (unpaired) electrons. The Bertz CT molecular complexity index is 418. The molecule has 0 atom stereocenters. The van der Waals surface area contributed by atoms with Gasteiger partial charge in [0.25, 0.3) is 5.69 Å². The predicted octanol–water partition coefficient (Wildman–Crippen LogP) is 3.95. The van der Waals surface area contributed by atoms with Gasteiger partial charge in [0.1, 0.15) is 0 Å². The van der Waals surface area contributed by atoms with Gasteiger partial charge in [0.05, 0.1) is 17.1 Å². The molecule has 17 heavy (non-hydrogen) atoms.